The molecule has 0 radical (unpaired) electrons. The van der Waals surface area contributed by atoms with Crippen molar-refractivity contribution in [3.05, 3.63) is 16.0 Å². The molecule has 1 heterocycles. The van der Waals surface area contributed by atoms with Gasteiger partial charge in [-0.2, -0.15) is 0 Å². The van der Waals surface area contributed by atoms with Crippen LogP contribution in [0.5, 0.6) is 0 Å². The first kappa shape index (κ1) is 13.7. The van der Waals surface area contributed by atoms with Crippen LogP contribution in [0.3, 0.4) is 0 Å². The van der Waals surface area contributed by atoms with Crippen molar-refractivity contribution in [1.29, 1.82) is 0 Å². The lowest BCUT2D eigenvalue weighted by Gasteiger charge is -2.11. The normalized spacial score (nSPS) is 13.7. The van der Waals surface area contributed by atoms with Crippen molar-refractivity contribution in [2.45, 2.75) is 39.0 Å². The van der Waals surface area contributed by atoms with Crippen molar-refractivity contribution in [1.82, 2.24) is 0 Å². The number of hydrogen-bond donors (Lipinski definition) is 2. The Morgan fingerprint density at radius 2 is 1.95 bits per heavy atom. The maximum absolute atomic E-state index is 11.6. The molecule has 19 heavy (non-hydrogen) atoms. The Balaban J connectivity index is 2.29. The standard InChI is InChI=1S/C13H16N2O3S/c1-7(16)6-10(17)15-13-11(12(14)18)8-4-2-3-5-9(8)19-13/h2-6H2,1H3,(H2,14,18)(H,15,17). The molecule has 1 aliphatic rings. The minimum atomic E-state index is -0.516. The molecule has 1 aliphatic carbocycles. The molecule has 0 atom stereocenters. The maximum Gasteiger partial charge on any atom is 0.251 e. The zero-order valence-electron chi connectivity index (χ0n) is 10.7. The molecule has 1 aromatic rings. The van der Waals surface area contributed by atoms with Gasteiger partial charge in [0.1, 0.15) is 10.8 Å². The summed E-state index contributed by atoms with van der Waals surface area (Å²) in [6, 6.07) is 0. The summed E-state index contributed by atoms with van der Waals surface area (Å²) in [5.74, 6) is -1.12. The Kier molecular flexibility index (Phi) is 3.99. The van der Waals surface area contributed by atoms with Crippen molar-refractivity contribution in [3.63, 3.8) is 0 Å². The lowest BCUT2D eigenvalue weighted by Crippen LogP contribution is -2.19. The number of nitrogens with two attached hydrogens (primary N) is 1. The van der Waals surface area contributed by atoms with Gasteiger partial charge in [-0.05, 0) is 38.2 Å². The summed E-state index contributed by atoms with van der Waals surface area (Å²) >= 11 is 1.40. The van der Waals surface area contributed by atoms with Crippen molar-refractivity contribution < 1.29 is 14.4 Å². The van der Waals surface area contributed by atoms with E-state index in [9.17, 15) is 14.4 Å². The molecule has 0 bridgehead atoms. The fourth-order valence-electron chi connectivity index (χ4n) is 2.31. The van der Waals surface area contributed by atoms with E-state index in [1.54, 1.807) is 0 Å². The number of anilines is 1. The molecule has 2 amide bonds. The molecule has 2 rings (SSSR count). The third kappa shape index (κ3) is 3.01. The van der Waals surface area contributed by atoms with Gasteiger partial charge in [-0.15, -0.1) is 11.3 Å². The molecule has 1 aromatic heterocycles. The maximum atomic E-state index is 11.6. The molecular formula is C13H16N2O3S. The van der Waals surface area contributed by atoms with Gasteiger partial charge >= 0.3 is 0 Å². The number of aryl methyl sites for hydroxylation is 1. The Hall–Kier alpha value is -1.69. The summed E-state index contributed by atoms with van der Waals surface area (Å²) in [6.45, 7) is 1.36. The highest BCUT2D eigenvalue weighted by Crippen LogP contribution is 2.37. The number of nitrogens with one attached hydrogen (secondary N) is 1. The number of Topliss-reactive ketones (excluding diaryl/α,β-unsaturated/α-hetero) is 1. The summed E-state index contributed by atoms with van der Waals surface area (Å²) in [5.41, 5.74) is 6.81. The number of primary amides is 1. The number of amides is 2. The van der Waals surface area contributed by atoms with Gasteiger partial charge in [-0.25, -0.2) is 0 Å². The van der Waals surface area contributed by atoms with Crippen LogP contribution in [0.4, 0.5) is 5.00 Å². The highest BCUT2D eigenvalue weighted by atomic mass is 32.1. The van der Waals surface area contributed by atoms with Crippen LogP contribution in [0, 0.1) is 0 Å². The molecule has 0 unspecified atom stereocenters. The van der Waals surface area contributed by atoms with E-state index in [-0.39, 0.29) is 12.2 Å². The molecule has 0 aromatic carbocycles. The third-order valence-electron chi connectivity index (χ3n) is 3.08. The topological polar surface area (TPSA) is 89.3 Å². The second kappa shape index (κ2) is 5.52. The highest BCUT2D eigenvalue weighted by Gasteiger charge is 2.24. The molecule has 102 valence electrons. The molecule has 0 spiro atoms. The lowest BCUT2D eigenvalue weighted by atomic mass is 9.95. The first-order valence-electron chi connectivity index (χ1n) is 6.22. The smallest absolute Gasteiger partial charge is 0.251 e. The summed E-state index contributed by atoms with van der Waals surface area (Å²) in [4.78, 5) is 35.2. The van der Waals surface area contributed by atoms with Gasteiger partial charge in [0.2, 0.25) is 5.91 Å². The van der Waals surface area contributed by atoms with E-state index >= 15 is 0 Å². The van der Waals surface area contributed by atoms with E-state index in [0.29, 0.717) is 10.6 Å². The van der Waals surface area contributed by atoms with E-state index in [1.165, 1.54) is 18.3 Å². The van der Waals surface area contributed by atoms with Gasteiger partial charge in [0, 0.05) is 4.88 Å². The van der Waals surface area contributed by atoms with Crippen LogP contribution in [-0.2, 0) is 22.4 Å². The predicted molar refractivity (Wildman–Crippen MR) is 73.4 cm³/mol. The van der Waals surface area contributed by atoms with Crippen molar-refractivity contribution >= 4 is 33.9 Å². The first-order chi connectivity index (χ1) is 8.99. The molecule has 6 heteroatoms. The minimum Gasteiger partial charge on any atom is -0.365 e. The van der Waals surface area contributed by atoms with Gasteiger partial charge in [-0.1, -0.05) is 0 Å². The van der Waals surface area contributed by atoms with Crippen molar-refractivity contribution in [3.8, 4) is 0 Å². The second-order valence-corrected chi connectivity index (χ2v) is 5.81. The first-order valence-corrected chi connectivity index (χ1v) is 7.04. The molecule has 5 nitrogen and oxygen atoms in total. The van der Waals surface area contributed by atoms with E-state index in [0.717, 1.165) is 36.1 Å². The van der Waals surface area contributed by atoms with E-state index < -0.39 is 11.8 Å². The second-order valence-electron chi connectivity index (χ2n) is 4.71. The highest BCUT2D eigenvalue weighted by molar-refractivity contribution is 7.17. The van der Waals surface area contributed by atoms with Crippen LogP contribution in [0.15, 0.2) is 0 Å². The predicted octanol–water partition coefficient (Wildman–Crippen LogP) is 1.64. The summed E-state index contributed by atoms with van der Waals surface area (Å²) in [7, 11) is 0. The van der Waals surface area contributed by atoms with Crippen LogP contribution >= 0.6 is 11.3 Å². The number of carbonyl (C=O) groups is 3. The Morgan fingerprint density at radius 3 is 2.58 bits per heavy atom. The molecule has 0 saturated carbocycles. The fourth-order valence-corrected chi connectivity index (χ4v) is 3.62. The Labute approximate surface area is 115 Å². The van der Waals surface area contributed by atoms with Gasteiger partial charge in [0.05, 0.1) is 12.0 Å². The molecule has 3 N–H and O–H groups in total. The van der Waals surface area contributed by atoms with E-state index in [4.69, 9.17) is 5.73 Å². The summed E-state index contributed by atoms with van der Waals surface area (Å²) < 4.78 is 0. The largest absolute Gasteiger partial charge is 0.365 e. The number of fused-ring (bicyclic) bond motifs is 1. The molecule has 0 aliphatic heterocycles. The Bertz CT molecular complexity index is 548. The van der Waals surface area contributed by atoms with Gasteiger partial charge in [0.25, 0.3) is 5.91 Å². The average molecular weight is 280 g/mol. The van der Waals surface area contributed by atoms with Crippen molar-refractivity contribution in [2.75, 3.05) is 5.32 Å². The average Bonchev–Trinajstić information content (AvgIpc) is 2.64. The zero-order valence-corrected chi connectivity index (χ0v) is 11.6. The molecule has 0 fully saturated rings. The zero-order chi connectivity index (χ0) is 14.0. The van der Waals surface area contributed by atoms with Gasteiger partial charge < -0.3 is 11.1 Å². The number of ketones is 1. The summed E-state index contributed by atoms with van der Waals surface area (Å²) in [6.07, 6.45) is 3.69. The van der Waals surface area contributed by atoms with Crippen LogP contribution in [0.2, 0.25) is 0 Å². The van der Waals surface area contributed by atoms with Crippen molar-refractivity contribution in [2.24, 2.45) is 5.73 Å². The van der Waals surface area contributed by atoms with Crippen LogP contribution in [-0.4, -0.2) is 17.6 Å². The quantitative estimate of drug-likeness (QED) is 0.822. The number of hydrogen-bond acceptors (Lipinski definition) is 4. The monoisotopic (exact) mass is 280 g/mol. The van der Waals surface area contributed by atoms with Gasteiger partial charge in [0.15, 0.2) is 0 Å². The molecule has 0 saturated heterocycles. The van der Waals surface area contributed by atoms with Crippen LogP contribution in [0.1, 0.15) is 47.0 Å². The van der Waals surface area contributed by atoms with Gasteiger partial charge in [-0.3, -0.25) is 14.4 Å². The summed E-state index contributed by atoms with van der Waals surface area (Å²) in [5, 5.41) is 3.13. The van der Waals surface area contributed by atoms with Crippen LogP contribution < -0.4 is 11.1 Å². The SMILES string of the molecule is CC(=O)CC(=O)Nc1sc2c(c1C(N)=O)CCCC2. The third-order valence-corrected chi connectivity index (χ3v) is 4.29. The molecular weight excluding hydrogens is 264 g/mol. The minimum absolute atomic E-state index is 0.180. The Morgan fingerprint density at radius 1 is 1.26 bits per heavy atom. The number of rotatable bonds is 4. The van der Waals surface area contributed by atoms with E-state index in [1.807, 2.05) is 0 Å². The lowest BCUT2D eigenvalue weighted by molar-refractivity contribution is -0.124. The van der Waals surface area contributed by atoms with E-state index in [2.05, 4.69) is 5.32 Å². The fraction of sp³-hybridized carbons (Fsp3) is 0.462. The number of carbonyl (C=O) groups excluding carboxylic acids is 3. The van der Waals surface area contributed by atoms with Crippen LogP contribution in [0.25, 0.3) is 0 Å². The number of thiophene rings is 1.